The predicted octanol–water partition coefficient (Wildman–Crippen LogP) is 2.90. The zero-order chi connectivity index (χ0) is 12.4. The first-order chi connectivity index (χ1) is 8.88. The van der Waals surface area contributed by atoms with E-state index >= 15 is 0 Å². The Labute approximate surface area is 105 Å². The van der Waals surface area contributed by atoms with Crippen LogP contribution in [0.5, 0.6) is 0 Å². The normalized spacial score (nSPS) is 10.7. The van der Waals surface area contributed by atoms with Crippen LogP contribution >= 0.6 is 0 Å². The summed E-state index contributed by atoms with van der Waals surface area (Å²) in [5, 5.41) is 5.37. The largest absolute Gasteiger partial charge is 0.296 e. The summed E-state index contributed by atoms with van der Waals surface area (Å²) < 4.78 is 1.76. The van der Waals surface area contributed by atoms with Gasteiger partial charge in [-0.3, -0.25) is 9.48 Å². The molecule has 0 unspecified atom stereocenters. The Bertz CT molecular complexity index is 686. The molecule has 88 valence electrons. The van der Waals surface area contributed by atoms with Crippen molar-refractivity contribution >= 4 is 17.2 Å². The molecule has 3 rings (SSSR count). The molecule has 3 heteroatoms. The molecule has 0 fully saturated rings. The van der Waals surface area contributed by atoms with E-state index in [4.69, 9.17) is 0 Å². The Morgan fingerprint density at radius 2 is 1.72 bits per heavy atom. The van der Waals surface area contributed by atoms with E-state index < -0.39 is 0 Å². The Morgan fingerprint density at radius 1 is 1.00 bits per heavy atom. The number of rotatable bonds is 3. The highest BCUT2D eigenvalue weighted by molar-refractivity contribution is 5.95. The van der Waals surface area contributed by atoms with Crippen molar-refractivity contribution in [2.75, 3.05) is 0 Å². The molecule has 3 aromatic rings. The summed E-state index contributed by atoms with van der Waals surface area (Å²) in [6.45, 7) is 0.615. The summed E-state index contributed by atoms with van der Waals surface area (Å²) in [6, 6.07) is 17.7. The third-order valence-corrected chi connectivity index (χ3v) is 2.97. The lowest BCUT2D eigenvalue weighted by Gasteiger charge is -2.03. The van der Waals surface area contributed by atoms with Crippen LogP contribution in [0.3, 0.4) is 0 Å². The third kappa shape index (κ3) is 1.80. The SMILES string of the molecule is O=Cc1c2ccccc2nn1Cc1ccccc1. The number of carbonyl (C=O) groups is 1. The minimum absolute atomic E-state index is 0.615. The lowest BCUT2D eigenvalue weighted by atomic mass is 10.2. The minimum Gasteiger partial charge on any atom is -0.296 e. The molecule has 0 spiro atoms. The lowest BCUT2D eigenvalue weighted by molar-refractivity contribution is 0.111. The second-order valence-electron chi connectivity index (χ2n) is 4.16. The molecule has 0 saturated carbocycles. The van der Waals surface area contributed by atoms with Crippen LogP contribution in [0.1, 0.15) is 16.1 Å². The van der Waals surface area contributed by atoms with Crippen molar-refractivity contribution < 1.29 is 4.79 Å². The van der Waals surface area contributed by atoms with Gasteiger partial charge in [-0.25, -0.2) is 0 Å². The number of carbonyl (C=O) groups excluding carboxylic acids is 1. The fraction of sp³-hybridized carbons (Fsp3) is 0.0667. The first-order valence-electron chi connectivity index (χ1n) is 5.83. The van der Waals surface area contributed by atoms with Crippen LogP contribution < -0.4 is 0 Å². The van der Waals surface area contributed by atoms with E-state index in [-0.39, 0.29) is 0 Å². The molecule has 0 saturated heterocycles. The maximum Gasteiger partial charge on any atom is 0.168 e. The first-order valence-corrected chi connectivity index (χ1v) is 5.83. The molecule has 0 atom stereocenters. The van der Waals surface area contributed by atoms with Gasteiger partial charge in [0.15, 0.2) is 6.29 Å². The number of hydrogen-bond acceptors (Lipinski definition) is 2. The standard InChI is InChI=1S/C15H12N2O/c18-11-15-13-8-4-5-9-14(13)16-17(15)10-12-6-2-1-3-7-12/h1-9,11H,10H2. The molecular weight excluding hydrogens is 224 g/mol. The van der Waals surface area contributed by atoms with Gasteiger partial charge in [0.25, 0.3) is 0 Å². The molecule has 0 aliphatic carbocycles. The summed E-state index contributed by atoms with van der Waals surface area (Å²) in [6.07, 6.45) is 0.873. The van der Waals surface area contributed by atoms with Gasteiger partial charge < -0.3 is 0 Å². The summed E-state index contributed by atoms with van der Waals surface area (Å²) in [7, 11) is 0. The van der Waals surface area contributed by atoms with Crippen LogP contribution in [0.25, 0.3) is 10.9 Å². The van der Waals surface area contributed by atoms with Gasteiger partial charge in [0, 0.05) is 5.39 Å². The number of aromatic nitrogens is 2. The van der Waals surface area contributed by atoms with E-state index in [0.29, 0.717) is 12.2 Å². The van der Waals surface area contributed by atoms with Crippen molar-refractivity contribution in [2.45, 2.75) is 6.54 Å². The molecule has 0 radical (unpaired) electrons. The smallest absolute Gasteiger partial charge is 0.168 e. The predicted molar refractivity (Wildman–Crippen MR) is 70.7 cm³/mol. The zero-order valence-corrected chi connectivity index (χ0v) is 9.78. The summed E-state index contributed by atoms with van der Waals surface area (Å²) in [5.74, 6) is 0. The Morgan fingerprint density at radius 3 is 2.50 bits per heavy atom. The van der Waals surface area contributed by atoms with Gasteiger partial charge in [0.05, 0.1) is 12.1 Å². The number of hydrogen-bond donors (Lipinski definition) is 0. The molecular formula is C15H12N2O. The van der Waals surface area contributed by atoms with E-state index in [1.165, 1.54) is 0 Å². The molecule has 0 bridgehead atoms. The topological polar surface area (TPSA) is 34.9 Å². The molecule has 18 heavy (non-hydrogen) atoms. The van der Waals surface area contributed by atoms with Crippen LogP contribution in [-0.2, 0) is 6.54 Å². The molecule has 0 aliphatic rings. The van der Waals surface area contributed by atoms with E-state index in [1.54, 1.807) is 4.68 Å². The second-order valence-corrected chi connectivity index (χ2v) is 4.16. The van der Waals surface area contributed by atoms with Gasteiger partial charge >= 0.3 is 0 Å². The molecule has 0 amide bonds. The van der Waals surface area contributed by atoms with Crippen molar-refractivity contribution in [3.8, 4) is 0 Å². The Hall–Kier alpha value is -2.42. The maximum atomic E-state index is 11.2. The number of aldehydes is 1. The van der Waals surface area contributed by atoms with Gasteiger partial charge in [-0.05, 0) is 11.6 Å². The van der Waals surface area contributed by atoms with E-state index in [2.05, 4.69) is 5.10 Å². The van der Waals surface area contributed by atoms with Crippen LogP contribution in [0, 0.1) is 0 Å². The third-order valence-electron chi connectivity index (χ3n) is 2.97. The van der Waals surface area contributed by atoms with Crippen molar-refractivity contribution in [3.63, 3.8) is 0 Å². The molecule has 1 heterocycles. The van der Waals surface area contributed by atoms with Gasteiger partial charge in [-0.1, -0.05) is 48.5 Å². The van der Waals surface area contributed by atoms with Gasteiger partial charge in [-0.2, -0.15) is 5.10 Å². The minimum atomic E-state index is 0.615. The zero-order valence-electron chi connectivity index (χ0n) is 9.78. The van der Waals surface area contributed by atoms with Crippen LogP contribution in [0.15, 0.2) is 54.6 Å². The number of benzene rings is 2. The molecule has 0 aliphatic heterocycles. The van der Waals surface area contributed by atoms with Crippen molar-refractivity contribution in [3.05, 3.63) is 65.9 Å². The van der Waals surface area contributed by atoms with Crippen LogP contribution in [0.4, 0.5) is 0 Å². The monoisotopic (exact) mass is 236 g/mol. The van der Waals surface area contributed by atoms with Gasteiger partial charge in [-0.15, -0.1) is 0 Å². The molecule has 2 aromatic carbocycles. The summed E-state index contributed by atoms with van der Waals surface area (Å²) in [4.78, 5) is 11.2. The van der Waals surface area contributed by atoms with Gasteiger partial charge in [0.2, 0.25) is 0 Å². The first kappa shape index (κ1) is 10.7. The average molecular weight is 236 g/mol. The van der Waals surface area contributed by atoms with Crippen molar-refractivity contribution in [1.82, 2.24) is 9.78 Å². The van der Waals surface area contributed by atoms with Crippen LogP contribution in [0.2, 0.25) is 0 Å². The Kier molecular flexibility index (Phi) is 2.65. The Balaban J connectivity index is 2.09. The summed E-state index contributed by atoms with van der Waals surface area (Å²) >= 11 is 0. The number of nitrogens with zero attached hydrogens (tertiary/aromatic N) is 2. The number of fused-ring (bicyclic) bond motifs is 1. The van der Waals surface area contributed by atoms with E-state index in [9.17, 15) is 4.79 Å². The maximum absolute atomic E-state index is 11.2. The quantitative estimate of drug-likeness (QED) is 0.655. The highest BCUT2D eigenvalue weighted by Gasteiger charge is 2.09. The molecule has 3 nitrogen and oxygen atoms in total. The highest BCUT2D eigenvalue weighted by Crippen LogP contribution is 2.17. The summed E-state index contributed by atoms with van der Waals surface area (Å²) in [5.41, 5.74) is 2.62. The molecule has 0 N–H and O–H groups in total. The van der Waals surface area contributed by atoms with Crippen LogP contribution in [-0.4, -0.2) is 16.1 Å². The van der Waals surface area contributed by atoms with Crippen molar-refractivity contribution in [2.24, 2.45) is 0 Å². The van der Waals surface area contributed by atoms with E-state index in [1.807, 2.05) is 54.6 Å². The van der Waals surface area contributed by atoms with Crippen molar-refractivity contribution in [1.29, 1.82) is 0 Å². The fourth-order valence-corrected chi connectivity index (χ4v) is 2.10. The van der Waals surface area contributed by atoms with E-state index in [0.717, 1.165) is 22.8 Å². The highest BCUT2D eigenvalue weighted by atomic mass is 16.1. The average Bonchev–Trinajstić information content (AvgIpc) is 2.77. The second kappa shape index (κ2) is 4.45. The molecule has 1 aromatic heterocycles. The fourth-order valence-electron chi connectivity index (χ4n) is 2.10. The lowest BCUT2D eigenvalue weighted by Crippen LogP contribution is -2.05. The van der Waals surface area contributed by atoms with Gasteiger partial charge in [0.1, 0.15) is 5.69 Å².